The number of thiazole rings is 2. The van der Waals surface area contributed by atoms with Crippen LogP contribution in [0.5, 0.6) is 11.5 Å². The monoisotopic (exact) mass is 426 g/mol. The molecule has 0 spiro atoms. The van der Waals surface area contributed by atoms with Crippen molar-refractivity contribution in [3.8, 4) is 11.5 Å². The number of rotatable bonds is 5. The fraction of sp³-hybridized carbons (Fsp3) is 0.333. The lowest BCUT2D eigenvalue weighted by Gasteiger charge is -2.34. The molecule has 2 aromatic heterocycles. The number of nitrogens with zero attached hydrogens (tertiary/aromatic N) is 4. The van der Waals surface area contributed by atoms with Gasteiger partial charge in [0.1, 0.15) is 17.0 Å². The fourth-order valence-corrected chi connectivity index (χ4v) is 5.60. The summed E-state index contributed by atoms with van der Waals surface area (Å²) >= 11 is 3.48. The van der Waals surface area contributed by atoms with E-state index in [4.69, 9.17) is 19.4 Å². The van der Waals surface area contributed by atoms with Crippen molar-refractivity contribution in [2.75, 3.05) is 49.7 Å². The standard InChI is InChI=1S/C21H22N4O2S2/c1-3-27-16-5-4-6-18-19(16)23-21(29-18)25-11-9-24(10-12-25)20-22-15-13-14(26-2)7-8-17(15)28-20/h4-8,13H,3,9-12H2,1-2H3. The lowest BCUT2D eigenvalue weighted by molar-refractivity contribution is 0.344. The van der Waals surface area contributed by atoms with Crippen LogP contribution in [0.2, 0.25) is 0 Å². The van der Waals surface area contributed by atoms with Crippen LogP contribution in [0.25, 0.3) is 20.4 Å². The van der Waals surface area contributed by atoms with Crippen LogP contribution in [-0.4, -0.2) is 49.9 Å². The molecule has 0 amide bonds. The molecular formula is C21H22N4O2S2. The number of anilines is 2. The maximum absolute atomic E-state index is 5.74. The van der Waals surface area contributed by atoms with E-state index >= 15 is 0 Å². The summed E-state index contributed by atoms with van der Waals surface area (Å²) in [7, 11) is 1.69. The van der Waals surface area contributed by atoms with E-state index in [2.05, 4.69) is 21.9 Å². The summed E-state index contributed by atoms with van der Waals surface area (Å²) in [5, 5.41) is 2.15. The quantitative estimate of drug-likeness (QED) is 0.463. The Balaban J connectivity index is 1.32. The van der Waals surface area contributed by atoms with E-state index in [0.29, 0.717) is 6.61 Å². The van der Waals surface area contributed by atoms with Crippen molar-refractivity contribution in [2.45, 2.75) is 6.92 Å². The van der Waals surface area contributed by atoms with Crippen molar-refractivity contribution in [3.63, 3.8) is 0 Å². The van der Waals surface area contributed by atoms with Crippen LogP contribution in [-0.2, 0) is 0 Å². The van der Waals surface area contributed by atoms with E-state index in [-0.39, 0.29) is 0 Å². The zero-order valence-electron chi connectivity index (χ0n) is 16.4. The highest BCUT2D eigenvalue weighted by Gasteiger charge is 2.23. The lowest BCUT2D eigenvalue weighted by atomic mass is 10.3. The molecule has 0 atom stereocenters. The first-order valence-corrected chi connectivity index (χ1v) is 11.4. The van der Waals surface area contributed by atoms with Crippen molar-refractivity contribution >= 4 is 53.4 Å². The predicted octanol–water partition coefficient (Wildman–Crippen LogP) is 4.64. The number of hydrogen-bond donors (Lipinski definition) is 0. The summed E-state index contributed by atoms with van der Waals surface area (Å²) in [5.41, 5.74) is 1.97. The number of benzene rings is 2. The van der Waals surface area contributed by atoms with Crippen LogP contribution in [0.4, 0.5) is 10.3 Å². The van der Waals surface area contributed by atoms with Gasteiger partial charge in [0.25, 0.3) is 0 Å². The normalized spacial score (nSPS) is 14.7. The van der Waals surface area contributed by atoms with Gasteiger partial charge in [-0.2, -0.15) is 0 Å². The lowest BCUT2D eigenvalue weighted by Crippen LogP contribution is -2.46. The van der Waals surface area contributed by atoms with Crippen molar-refractivity contribution in [2.24, 2.45) is 0 Å². The maximum atomic E-state index is 5.74. The smallest absolute Gasteiger partial charge is 0.186 e. The van der Waals surface area contributed by atoms with Gasteiger partial charge in [-0.15, -0.1) is 0 Å². The number of methoxy groups -OCH3 is 1. The molecule has 1 saturated heterocycles. The van der Waals surface area contributed by atoms with Crippen molar-refractivity contribution in [1.29, 1.82) is 0 Å². The van der Waals surface area contributed by atoms with Gasteiger partial charge in [0.15, 0.2) is 10.3 Å². The Morgan fingerprint density at radius 1 is 0.931 bits per heavy atom. The maximum Gasteiger partial charge on any atom is 0.186 e. The second-order valence-corrected chi connectivity index (χ2v) is 8.85. The highest BCUT2D eigenvalue weighted by Crippen LogP contribution is 2.36. The second-order valence-electron chi connectivity index (χ2n) is 6.84. The van der Waals surface area contributed by atoms with E-state index in [9.17, 15) is 0 Å². The Morgan fingerprint density at radius 3 is 2.38 bits per heavy atom. The molecule has 29 heavy (non-hydrogen) atoms. The largest absolute Gasteiger partial charge is 0.497 e. The molecule has 150 valence electrons. The van der Waals surface area contributed by atoms with Gasteiger partial charge >= 0.3 is 0 Å². The first kappa shape index (κ1) is 18.4. The van der Waals surface area contributed by atoms with Crippen molar-refractivity contribution in [3.05, 3.63) is 36.4 Å². The Hall–Kier alpha value is -2.58. The summed E-state index contributed by atoms with van der Waals surface area (Å²) in [5.74, 6) is 1.72. The topological polar surface area (TPSA) is 50.7 Å². The minimum atomic E-state index is 0.651. The van der Waals surface area contributed by atoms with Gasteiger partial charge in [-0.3, -0.25) is 0 Å². The Kier molecular flexibility index (Phi) is 4.89. The van der Waals surface area contributed by atoms with Gasteiger partial charge in [-0.05, 0) is 31.2 Å². The van der Waals surface area contributed by atoms with E-state index < -0.39 is 0 Å². The molecule has 6 nitrogen and oxygen atoms in total. The molecule has 0 unspecified atom stereocenters. The molecule has 0 bridgehead atoms. The summed E-state index contributed by atoms with van der Waals surface area (Å²) in [6.07, 6.45) is 0. The van der Waals surface area contributed by atoms with Crippen LogP contribution in [0.15, 0.2) is 36.4 Å². The van der Waals surface area contributed by atoms with Crippen LogP contribution in [0.3, 0.4) is 0 Å². The van der Waals surface area contributed by atoms with Crippen LogP contribution in [0, 0.1) is 0 Å². The van der Waals surface area contributed by atoms with Crippen LogP contribution in [0.1, 0.15) is 6.92 Å². The molecular weight excluding hydrogens is 404 g/mol. The highest BCUT2D eigenvalue weighted by molar-refractivity contribution is 7.22. The second kappa shape index (κ2) is 7.68. The molecule has 1 aliphatic heterocycles. The van der Waals surface area contributed by atoms with Gasteiger partial charge in [0, 0.05) is 32.2 Å². The number of para-hydroxylation sites is 1. The fourth-order valence-electron chi connectivity index (χ4n) is 3.57. The molecule has 0 radical (unpaired) electrons. The molecule has 0 aliphatic carbocycles. The van der Waals surface area contributed by atoms with E-state index in [1.807, 2.05) is 31.2 Å². The molecule has 0 saturated carbocycles. The number of hydrogen-bond acceptors (Lipinski definition) is 8. The molecule has 5 rings (SSSR count). The number of fused-ring (bicyclic) bond motifs is 2. The third kappa shape index (κ3) is 3.47. The average molecular weight is 427 g/mol. The number of piperazine rings is 1. The molecule has 8 heteroatoms. The van der Waals surface area contributed by atoms with Gasteiger partial charge < -0.3 is 19.3 Å². The Labute approximate surface area is 177 Å². The average Bonchev–Trinajstić information content (AvgIpc) is 3.38. The van der Waals surface area contributed by atoms with Crippen LogP contribution >= 0.6 is 22.7 Å². The Morgan fingerprint density at radius 2 is 1.66 bits per heavy atom. The van der Waals surface area contributed by atoms with E-state index in [1.54, 1.807) is 29.8 Å². The molecule has 3 heterocycles. The van der Waals surface area contributed by atoms with Crippen molar-refractivity contribution in [1.82, 2.24) is 9.97 Å². The number of ether oxygens (including phenoxy) is 2. The van der Waals surface area contributed by atoms with Gasteiger partial charge in [0.05, 0.1) is 28.6 Å². The van der Waals surface area contributed by atoms with E-state index in [0.717, 1.165) is 59.0 Å². The first-order valence-electron chi connectivity index (χ1n) is 9.72. The number of aromatic nitrogens is 2. The molecule has 2 aromatic carbocycles. The van der Waals surface area contributed by atoms with Gasteiger partial charge in [-0.1, -0.05) is 28.7 Å². The summed E-state index contributed by atoms with van der Waals surface area (Å²) < 4.78 is 13.4. The molecule has 1 fully saturated rings. The molecule has 0 N–H and O–H groups in total. The third-order valence-electron chi connectivity index (χ3n) is 5.07. The predicted molar refractivity (Wildman–Crippen MR) is 121 cm³/mol. The summed E-state index contributed by atoms with van der Waals surface area (Å²) in [6, 6.07) is 12.2. The third-order valence-corrected chi connectivity index (χ3v) is 7.25. The minimum Gasteiger partial charge on any atom is -0.497 e. The highest BCUT2D eigenvalue weighted by atomic mass is 32.1. The summed E-state index contributed by atoms with van der Waals surface area (Å²) in [4.78, 5) is 14.4. The zero-order valence-corrected chi connectivity index (χ0v) is 18.1. The van der Waals surface area contributed by atoms with Gasteiger partial charge in [-0.25, -0.2) is 9.97 Å². The minimum absolute atomic E-state index is 0.651. The summed E-state index contributed by atoms with van der Waals surface area (Å²) in [6.45, 7) is 6.39. The van der Waals surface area contributed by atoms with Crippen LogP contribution < -0.4 is 19.3 Å². The molecule has 4 aromatic rings. The van der Waals surface area contributed by atoms with Gasteiger partial charge in [0.2, 0.25) is 0 Å². The van der Waals surface area contributed by atoms with Crippen molar-refractivity contribution < 1.29 is 9.47 Å². The zero-order chi connectivity index (χ0) is 19.8. The first-order chi connectivity index (χ1) is 14.2. The Bertz CT molecular complexity index is 1150. The van der Waals surface area contributed by atoms with E-state index in [1.165, 1.54) is 9.40 Å². The molecule has 1 aliphatic rings. The SMILES string of the molecule is CCOc1cccc2sc(N3CCN(c4nc5cc(OC)ccc5s4)CC3)nc12.